The van der Waals surface area contributed by atoms with Gasteiger partial charge in [-0.2, -0.15) is 0 Å². The Balaban J connectivity index is 1.99. The number of anilines is 1. The van der Waals surface area contributed by atoms with E-state index in [4.69, 9.17) is 27.9 Å². The molecular formula is C16H13Cl2NO3. The summed E-state index contributed by atoms with van der Waals surface area (Å²) in [5, 5.41) is 11.1. The van der Waals surface area contributed by atoms with Gasteiger partial charge in [0.2, 0.25) is 0 Å². The van der Waals surface area contributed by atoms with Crippen molar-refractivity contribution in [1.29, 1.82) is 0 Å². The first-order chi connectivity index (χ1) is 10.5. The molecule has 1 N–H and O–H groups in total. The summed E-state index contributed by atoms with van der Waals surface area (Å²) in [6, 6.07) is 10.3. The highest BCUT2D eigenvalue weighted by atomic mass is 35.5. The maximum Gasteiger partial charge on any atom is 0.260 e. The molecule has 0 aliphatic carbocycles. The van der Waals surface area contributed by atoms with Crippen LogP contribution in [0.5, 0.6) is 5.75 Å². The van der Waals surface area contributed by atoms with E-state index in [2.05, 4.69) is 0 Å². The van der Waals surface area contributed by atoms with Gasteiger partial charge in [0.05, 0.1) is 19.3 Å². The third-order valence-corrected chi connectivity index (χ3v) is 4.12. The predicted molar refractivity (Wildman–Crippen MR) is 85.6 cm³/mol. The van der Waals surface area contributed by atoms with Crippen LogP contribution < -0.4 is 9.64 Å². The molecule has 1 heterocycles. The molecule has 1 unspecified atom stereocenters. The van der Waals surface area contributed by atoms with Crippen LogP contribution in [0.1, 0.15) is 17.2 Å². The average molecular weight is 338 g/mol. The number of benzene rings is 2. The molecule has 0 bridgehead atoms. The van der Waals surface area contributed by atoms with Crippen molar-refractivity contribution in [2.45, 2.75) is 12.6 Å². The van der Waals surface area contributed by atoms with E-state index in [0.29, 0.717) is 27.0 Å². The zero-order valence-corrected chi connectivity index (χ0v) is 13.2. The standard InChI is InChI=1S/C16H13Cl2NO3/c1-22-14-7-11(18)3-2-9(14)8-19-13-5-4-10(17)6-12(13)15(20)16(19)21/h2-7,15,20H,8H2,1H3. The Morgan fingerprint density at radius 2 is 1.86 bits per heavy atom. The van der Waals surface area contributed by atoms with Gasteiger partial charge in [-0.3, -0.25) is 4.79 Å². The predicted octanol–water partition coefficient (Wildman–Crippen LogP) is 3.58. The van der Waals surface area contributed by atoms with Crippen molar-refractivity contribution in [1.82, 2.24) is 0 Å². The smallest absolute Gasteiger partial charge is 0.260 e. The van der Waals surface area contributed by atoms with Gasteiger partial charge in [0.15, 0.2) is 6.10 Å². The molecule has 1 aliphatic heterocycles. The quantitative estimate of drug-likeness (QED) is 0.931. The molecule has 0 aromatic heterocycles. The molecule has 1 amide bonds. The second kappa shape index (κ2) is 5.80. The van der Waals surface area contributed by atoms with Gasteiger partial charge >= 0.3 is 0 Å². The fourth-order valence-corrected chi connectivity index (χ4v) is 2.91. The third kappa shape index (κ3) is 2.54. The van der Waals surface area contributed by atoms with Gasteiger partial charge in [-0.15, -0.1) is 0 Å². The second-order valence-corrected chi connectivity index (χ2v) is 5.86. The summed E-state index contributed by atoms with van der Waals surface area (Å²) in [6.45, 7) is 0.283. The van der Waals surface area contributed by atoms with Gasteiger partial charge in [0, 0.05) is 21.2 Å². The summed E-state index contributed by atoms with van der Waals surface area (Å²) in [5.41, 5.74) is 1.97. The zero-order valence-electron chi connectivity index (χ0n) is 11.7. The lowest BCUT2D eigenvalue weighted by atomic mass is 10.1. The molecule has 0 saturated heterocycles. The largest absolute Gasteiger partial charge is 0.496 e. The minimum Gasteiger partial charge on any atom is -0.496 e. The number of rotatable bonds is 3. The first-order valence-corrected chi connectivity index (χ1v) is 7.38. The Hall–Kier alpha value is -1.75. The minimum atomic E-state index is -1.19. The van der Waals surface area contributed by atoms with Gasteiger partial charge < -0.3 is 14.7 Å². The topological polar surface area (TPSA) is 49.8 Å². The first kappa shape index (κ1) is 15.2. The third-order valence-electron chi connectivity index (χ3n) is 3.65. The SMILES string of the molecule is COc1cc(Cl)ccc1CN1C(=O)C(O)c2cc(Cl)ccc21. The highest BCUT2D eigenvalue weighted by Crippen LogP contribution is 2.39. The molecule has 3 rings (SSSR count). The number of aliphatic hydroxyl groups is 1. The summed E-state index contributed by atoms with van der Waals surface area (Å²) in [4.78, 5) is 13.8. The van der Waals surface area contributed by atoms with Crippen LogP contribution in [0.3, 0.4) is 0 Å². The molecule has 22 heavy (non-hydrogen) atoms. The molecule has 4 nitrogen and oxygen atoms in total. The Morgan fingerprint density at radius 1 is 1.18 bits per heavy atom. The Bertz CT molecular complexity index is 748. The summed E-state index contributed by atoms with van der Waals surface area (Å²) in [5.74, 6) is 0.214. The molecule has 6 heteroatoms. The molecule has 2 aromatic rings. The van der Waals surface area contributed by atoms with Crippen molar-refractivity contribution in [3.05, 3.63) is 57.6 Å². The zero-order chi connectivity index (χ0) is 15.9. The van der Waals surface area contributed by atoms with E-state index in [1.54, 1.807) is 43.5 Å². The number of hydrogen-bond acceptors (Lipinski definition) is 3. The molecule has 114 valence electrons. The Labute approximate surface area is 137 Å². The summed E-state index contributed by atoms with van der Waals surface area (Å²) in [7, 11) is 1.55. The van der Waals surface area contributed by atoms with E-state index in [9.17, 15) is 9.90 Å². The van der Waals surface area contributed by atoms with Crippen molar-refractivity contribution in [2.75, 3.05) is 12.0 Å². The molecule has 0 spiro atoms. The molecule has 1 aliphatic rings. The lowest BCUT2D eigenvalue weighted by Crippen LogP contribution is -2.28. The average Bonchev–Trinajstić information content (AvgIpc) is 2.73. The number of hydrogen-bond donors (Lipinski definition) is 1. The summed E-state index contributed by atoms with van der Waals surface area (Å²) < 4.78 is 5.30. The first-order valence-electron chi connectivity index (χ1n) is 6.62. The number of carbonyl (C=O) groups excluding carboxylic acids is 1. The van der Waals surface area contributed by atoms with Crippen LogP contribution in [0.25, 0.3) is 0 Å². The number of carbonyl (C=O) groups is 1. The lowest BCUT2D eigenvalue weighted by molar-refractivity contribution is -0.125. The maximum absolute atomic E-state index is 12.3. The molecular weight excluding hydrogens is 325 g/mol. The van der Waals surface area contributed by atoms with Crippen molar-refractivity contribution < 1.29 is 14.6 Å². The number of amides is 1. The van der Waals surface area contributed by atoms with Crippen molar-refractivity contribution in [3.8, 4) is 5.75 Å². The van der Waals surface area contributed by atoms with Crippen molar-refractivity contribution >= 4 is 34.8 Å². The highest BCUT2D eigenvalue weighted by molar-refractivity contribution is 6.31. The van der Waals surface area contributed by atoms with Crippen LogP contribution in [0.2, 0.25) is 10.0 Å². The van der Waals surface area contributed by atoms with Gasteiger partial charge in [-0.1, -0.05) is 29.3 Å². The highest BCUT2D eigenvalue weighted by Gasteiger charge is 2.36. The minimum absolute atomic E-state index is 0.283. The lowest BCUT2D eigenvalue weighted by Gasteiger charge is -2.19. The number of fused-ring (bicyclic) bond motifs is 1. The molecule has 1 atom stereocenters. The number of aliphatic hydroxyl groups excluding tert-OH is 1. The van der Waals surface area contributed by atoms with Crippen LogP contribution in [0, 0.1) is 0 Å². The number of nitrogens with zero attached hydrogens (tertiary/aromatic N) is 1. The van der Waals surface area contributed by atoms with E-state index in [1.165, 1.54) is 4.90 Å². The van der Waals surface area contributed by atoms with Crippen molar-refractivity contribution in [2.24, 2.45) is 0 Å². The number of halogens is 2. The Morgan fingerprint density at radius 3 is 2.59 bits per heavy atom. The van der Waals surface area contributed by atoms with Gasteiger partial charge in [-0.05, 0) is 30.3 Å². The van der Waals surface area contributed by atoms with E-state index in [-0.39, 0.29) is 12.5 Å². The molecule has 2 aromatic carbocycles. The van der Waals surface area contributed by atoms with Crippen LogP contribution in [-0.2, 0) is 11.3 Å². The number of methoxy groups -OCH3 is 1. The van der Waals surface area contributed by atoms with Crippen molar-refractivity contribution in [3.63, 3.8) is 0 Å². The number of ether oxygens (including phenoxy) is 1. The van der Waals surface area contributed by atoms with Crippen LogP contribution >= 0.6 is 23.2 Å². The second-order valence-electron chi connectivity index (χ2n) is 4.99. The van der Waals surface area contributed by atoms with E-state index < -0.39 is 6.10 Å². The fourth-order valence-electron chi connectivity index (χ4n) is 2.57. The van der Waals surface area contributed by atoms with Gasteiger partial charge in [0.1, 0.15) is 5.75 Å². The maximum atomic E-state index is 12.3. The summed E-state index contributed by atoms with van der Waals surface area (Å²) >= 11 is 11.9. The fraction of sp³-hybridized carbons (Fsp3) is 0.188. The monoisotopic (exact) mass is 337 g/mol. The molecule has 0 saturated carbocycles. The normalized spacial score (nSPS) is 16.8. The Kier molecular flexibility index (Phi) is 4.00. The van der Waals surface area contributed by atoms with Gasteiger partial charge in [-0.25, -0.2) is 0 Å². The molecule has 0 radical (unpaired) electrons. The van der Waals surface area contributed by atoms with Crippen LogP contribution in [-0.4, -0.2) is 18.1 Å². The van der Waals surface area contributed by atoms with E-state index in [1.807, 2.05) is 0 Å². The van der Waals surface area contributed by atoms with Gasteiger partial charge in [0.25, 0.3) is 5.91 Å². The van der Waals surface area contributed by atoms with Crippen LogP contribution in [0.15, 0.2) is 36.4 Å². The van der Waals surface area contributed by atoms with E-state index >= 15 is 0 Å². The van der Waals surface area contributed by atoms with Crippen LogP contribution in [0.4, 0.5) is 5.69 Å². The van der Waals surface area contributed by atoms with E-state index in [0.717, 1.165) is 5.56 Å². The summed E-state index contributed by atoms with van der Waals surface area (Å²) in [6.07, 6.45) is -1.19. The molecule has 0 fully saturated rings.